The zero-order valence-electron chi connectivity index (χ0n) is 17.6. The third-order valence-electron chi connectivity index (χ3n) is 4.40. The van der Waals surface area contributed by atoms with Crippen molar-refractivity contribution in [2.75, 3.05) is 24.7 Å². The molecule has 3 N–H and O–H groups in total. The largest absolute Gasteiger partial charge is 0.492 e. The van der Waals surface area contributed by atoms with Crippen molar-refractivity contribution >= 4 is 32.6 Å². The molecule has 2 aromatic heterocycles. The fourth-order valence-corrected chi connectivity index (χ4v) is 3.54. The van der Waals surface area contributed by atoms with Gasteiger partial charge in [0.2, 0.25) is 21.9 Å². The molecule has 0 aliphatic carbocycles. The smallest absolute Gasteiger partial charge is 0.230 e. The van der Waals surface area contributed by atoms with Crippen LogP contribution < -0.4 is 19.5 Å². The van der Waals surface area contributed by atoms with Gasteiger partial charge in [0.1, 0.15) is 18.1 Å². The van der Waals surface area contributed by atoms with Crippen LogP contribution in [0.25, 0.3) is 10.9 Å². The molecule has 0 saturated heterocycles. The first kappa shape index (κ1) is 21.6. The summed E-state index contributed by atoms with van der Waals surface area (Å²) in [4.78, 5) is 11.9. The summed E-state index contributed by atoms with van der Waals surface area (Å²) in [6.07, 6.45) is 2.72. The third kappa shape index (κ3) is 5.96. The molecule has 0 aliphatic rings. The third-order valence-corrected chi connectivity index (χ3v) is 5.13. The molecule has 9 nitrogen and oxygen atoms in total. The normalized spacial score (nSPS) is 11.4. The Balaban J connectivity index is 1.40. The maximum absolute atomic E-state index is 11.1. The van der Waals surface area contributed by atoms with Gasteiger partial charge in [0.25, 0.3) is 0 Å². The van der Waals surface area contributed by atoms with E-state index in [9.17, 15) is 8.42 Å². The average molecular weight is 454 g/mol. The van der Waals surface area contributed by atoms with E-state index in [1.807, 2.05) is 37.3 Å². The highest BCUT2D eigenvalue weighted by atomic mass is 32.2. The predicted octanol–water partition coefficient (Wildman–Crippen LogP) is 3.73. The molecular formula is C22H23N5O4S. The number of nitrogens with one attached hydrogen (secondary N) is 3. The predicted molar refractivity (Wildman–Crippen MR) is 123 cm³/mol. The van der Waals surface area contributed by atoms with Gasteiger partial charge >= 0.3 is 0 Å². The molecule has 0 unspecified atom stereocenters. The molecule has 4 rings (SSSR count). The fraction of sp³-hybridized carbons (Fsp3) is 0.182. The van der Waals surface area contributed by atoms with E-state index >= 15 is 0 Å². The van der Waals surface area contributed by atoms with Crippen LogP contribution in [0.1, 0.15) is 5.69 Å². The minimum Gasteiger partial charge on any atom is -0.492 e. The van der Waals surface area contributed by atoms with Crippen LogP contribution in [-0.2, 0) is 10.0 Å². The van der Waals surface area contributed by atoms with Crippen molar-refractivity contribution in [1.82, 2.24) is 19.7 Å². The first-order chi connectivity index (χ1) is 15.3. The maximum Gasteiger partial charge on any atom is 0.230 e. The standard InChI is InChI=1S/C22H23N5O4S/c1-15-12-16-13-19(6-7-20(16)25-15)31-21-8-9-23-22(27-21)26-17-4-3-5-18(14-17)30-11-10-24-32(2,28)29/h3-9,12-14,24-25H,10-11H2,1-2H3,(H,23,26,27). The lowest BCUT2D eigenvalue weighted by molar-refractivity contribution is 0.323. The summed E-state index contributed by atoms with van der Waals surface area (Å²) in [5.41, 5.74) is 2.86. The first-order valence-corrected chi connectivity index (χ1v) is 11.8. The Morgan fingerprint density at radius 3 is 2.78 bits per heavy atom. The van der Waals surface area contributed by atoms with Crippen molar-refractivity contribution in [3.63, 3.8) is 0 Å². The highest BCUT2D eigenvalue weighted by Gasteiger charge is 2.06. The molecule has 0 fully saturated rings. The molecular weight excluding hydrogens is 430 g/mol. The van der Waals surface area contributed by atoms with Crippen molar-refractivity contribution in [3.05, 3.63) is 66.5 Å². The molecule has 10 heteroatoms. The van der Waals surface area contributed by atoms with Gasteiger partial charge in [-0.05, 0) is 43.3 Å². The number of ether oxygens (including phenoxy) is 2. The van der Waals surface area contributed by atoms with Crippen LogP contribution in [0, 0.1) is 6.92 Å². The second-order valence-corrected chi connectivity index (χ2v) is 9.02. The number of hydrogen-bond acceptors (Lipinski definition) is 7. The van der Waals surface area contributed by atoms with E-state index in [2.05, 4.69) is 31.1 Å². The van der Waals surface area contributed by atoms with Crippen molar-refractivity contribution < 1.29 is 17.9 Å². The number of aryl methyl sites for hydroxylation is 1. The van der Waals surface area contributed by atoms with E-state index in [-0.39, 0.29) is 13.2 Å². The van der Waals surface area contributed by atoms with E-state index in [0.29, 0.717) is 23.3 Å². The molecule has 0 bridgehead atoms. The number of aromatic nitrogens is 3. The highest BCUT2D eigenvalue weighted by molar-refractivity contribution is 7.88. The Kier molecular flexibility index (Phi) is 6.24. The van der Waals surface area contributed by atoms with Gasteiger partial charge in [0, 0.05) is 47.2 Å². The van der Waals surface area contributed by atoms with Crippen LogP contribution >= 0.6 is 0 Å². The van der Waals surface area contributed by atoms with Crippen LogP contribution in [0.15, 0.2) is 60.8 Å². The fourth-order valence-electron chi connectivity index (χ4n) is 3.09. The molecule has 0 radical (unpaired) electrons. The zero-order valence-corrected chi connectivity index (χ0v) is 18.4. The molecule has 2 heterocycles. The Morgan fingerprint density at radius 2 is 1.94 bits per heavy atom. The Labute approximate surface area is 185 Å². The van der Waals surface area contributed by atoms with E-state index < -0.39 is 10.0 Å². The number of rotatable bonds is 9. The number of sulfonamides is 1. The summed E-state index contributed by atoms with van der Waals surface area (Å²) in [6.45, 7) is 2.41. The van der Waals surface area contributed by atoms with Crippen LogP contribution in [-0.4, -0.2) is 42.8 Å². The molecule has 2 aromatic carbocycles. The highest BCUT2D eigenvalue weighted by Crippen LogP contribution is 2.26. The lowest BCUT2D eigenvalue weighted by atomic mass is 10.2. The second kappa shape index (κ2) is 9.25. The topological polar surface area (TPSA) is 118 Å². The number of aromatic amines is 1. The minimum atomic E-state index is -3.24. The van der Waals surface area contributed by atoms with Gasteiger partial charge in [-0.1, -0.05) is 6.07 Å². The maximum atomic E-state index is 11.1. The first-order valence-electron chi connectivity index (χ1n) is 9.89. The quantitative estimate of drug-likeness (QED) is 0.331. The Hall–Kier alpha value is -3.63. The Morgan fingerprint density at radius 1 is 1.06 bits per heavy atom. The van der Waals surface area contributed by atoms with Crippen LogP contribution in [0.4, 0.5) is 11.6 Å². The number of nitrogens with zero attached hydrogens (tertiary/aromatic N) is 2. The SMILES string of the molecule is Cc1cc2cc(Oc3ccnc(Nc4cccc(OCCNS(C)(=O)=O)c4)n3)ccc2[nH]1. The monoisotopic (exact) mass is 453 g/mol. The van der Waals surface area contributed by atoms with Gasteiger partial charge in [-0.25, -0.2) is 18.1 Å². The summed E-state index contributed by atoms with van der Waals surface area (Å²) in [6, 6.07) is 16.8. The van der Waals surface area contributed by atoms with Gasteiger partial charge < -0.3 is 19.8 Å². The van der Waals surface area contributed by atoms with E-state index in [0.717, 1.165) is 28.5 Å². The molecule has 0 aliphatic heterocycles. The van der Waals surface area contributed by atoms with Crippen LogP contribution in [0.2, 0.25) is 0 Å². The van der Waals surface area contributed by atoms with Gasteiger partial charge in [-0.2, -0.15) is 4.98 Å². The number of benzene rings is 2. The molecule has 166 valence electrons. The lowest BCUT2D eigenvalue weighted by Gasteiger charge is -2.10. The van der Waals surface area contributed by atoms with Gasteiger partial charge in [-0.15, -0.1) is 0 Å². The van der Waals surface area contributed by atoms with E-state index in [1.165, 1.54) is 0 Å². The number of fused-ring (bicyclic) bond motifs is 1. The lowest BCUT2D eigenvalue weighted by Crippen LogP contribution is -2.26. The summed E-state index contributed by atoms with van der Waals surface area (Å²) >= 11 is 0. The van der Waals surface area contributed by atoms with Crippen molar-refractivity contribution in [2.24, 2.45) is 0 Å². The molecule has 4 aromatic rings. The Bertz CT molecular complexity index is 1340. The van der Waals surface area contributed by atoms with Crippen LogP contribution in [0.5, 0.6) is 17.4 Å². The van der Waals surface area contributed by atoms with Gasteiger partial charge in [0.15, 0.2) is 0 Å². The molecule has 0 saturated carbocycles. The van der Waals surface area contributed by atoms with Gasteiger partial charge in [-0.3, -0.25) is 0 Å². The summed E-state index contributed by atoms with van der Waals surface area (Å²) in [5, 5.41) is 4.19. The molecule has 0 spiro atoms. The summed E-state index contributed by atoms with van der Waals surface area (Å²) < 4.78 is 36.1. The average Bonchev–Trinajstić information content (AvgIpc) is 3.10. The molecule has 0 atom stereocenters. The van der Waals surface area contributed by atoms with Gasteiger partial charge in [0.05, 0.1) is 6.26 Å². The van der Waals surface area contributed by atoms with Crippen molar-refractivity contribution in [2.45, 2.75) is 6.92 Å². The zero-order chi connectivity index (χ0) is 22.6. The van der Waals surface area contributed by atoms with E-state index in [4.69, 9.17) is 9.47 Å². The van der Waals surface area contributed by atoms with E-state index in [1.54, 1.807) is 24.4 Å². The molecule has 0 amide bonds. The van der Waals surface area contributed by atoms with Crippen molar-refractivity contribution in [3.8, 4) is 17.4 Å². The summed E-state index contributed by atoms with van der Waals surface area (Å²) in [5.74, 6) is 2.05. The van der Waals surface area contributed by atoms with Crippen molar-refractivity contribution in [1.29, 1.82) is 0 Å². The summed E-state index contributed by atoms with van der Waals surface area (Å²) in [7, 11) is -3.24. The number of anilines is 2. The number of H-pyrrole nitrogens is 1. The van der Waals surface area contributed by atoms with Crippen LogP contribution in [0.3, 0.4) is 0 Å². The second-order valence-electron chi connectivity index (χ2n) is 7.19. The minimum absolute atomic E-state index is 0.188. The molecule has 32 heavy (non-hydrogen) atoms. The number of hydrogen-bond donors (Lipinski definition) is 3.